The molecule has 0 amide bonds. The molecule has 88 valence electrons. The third kappa shape index (κ3) is 4.03. The molecule has 0 bridgehead atoms. The van der Waals surface area contributed by atoms with Crippen molar-refractivity contribution in [3.05, 3.63) is 56.9 Å². The summed E-state index contributed by atoms with van der Waals surface area (Å²) in [5, 5.41) is 29.6. The van der Waals surface area contributed by atoms with E-state index in [4.69, 9.17) is 0 Å². The standard InChI is InChI=1S/C6H4N2O4.C2H3N3/c9-7(10)5-1-2-6(4-3-5)8(11)12;1-2-4-5-3-1/h1-4H;1-2H,(H,3,4,5). The topological polar surface area (TPSA) is 128 Å². The van der Waals surface area contributed by atoms with Crippen molar-refractivity contribution in [3.8, 4) is 0 Å². The number of non-ortho nitro benzene ring substituents is 2. The molecule has 1 heterocycles. The summed E-state index contributed by atoms with van der Waals surface area (Å²) in [7, 11) is 0. The SMILES string of the molecule is O=[N+]([O-])c1ccc([N+](=O)[O-])cc1.c1cn[nH]n1. The lowest BCUT2D eigenvalue weighted by molar-refractivity contribution is -0.389. The monoisotopic (exact) mass is 237 g/mol. The molecule has 0 atom stereocenters. The molecule has 0 aliphatic carbocycles. The molecule has 0 aliphatic rings. The Morgan fingerprint density at radius 3 is 1.41 bits per heavy atom. The van der Waals surface area contributed by atoms with E-state index < -0.39 is 9.85 Å². The van der Waals surface area contributed by atoms with Crippen molar-refractivity contribution in [1.82, 2.24) is 15.4 Å². The Kier molecular flexibility index (Phi) is 4.25. The van der Waals surface area contributed by atoms with Crippen LogP contribution in [-0.2, 0) is 0 Å². The summed E-state index contributed by atoms with van der Waals surface area (Å²) in [6.45, 7) is 0. The summed E-state index contributed by atoms with van der Waals surface area (Å²) in [6, 6.07) is 4.38. The highest BCUT2D eigenvalue weighted by Gasteiger charge is 2.08. The van der Waals surface area contributed by atoms with Gasteiger partial charge in [0.1, 0.15) is 0 Å². The fourth-order valence-electron chi connectivity index (χ4n) is 0.863. The molecule has 2 rings (SSSR count). The number of hydrogen-bond acceptors (Lipinski definition) is 6. The first-order chi connectivity index (χ1) is 8.11. The van der Waals surface area contributed by atoms with E-state index in [9.17, 15) is 20.2 Å². The minimum Gasteiger partial charge on any atom is -0.258 e. The molecule has 0 saturated heterocycles. The van der Waals surface area contributed by atoms with Crippen LogP contribution in [0.3, 0.4) is 0 Å². The quantitative estimate of drug-likeness (QED) is 0.619. The predicted molar refractivity (Wildman–Crippen MR) is 56.1 cm³/mol. The fourth-order valence-corrected chi connectivity index (χ4v) is 0.863. The van der Waals surface area contributed by atoms with Gasteiger partial charge in [-0.05, 0) is 0 Å². The van der Waals surface area contributed by atoms with Gasteiger partial charge in [0.15, 0.2) is 0 Å². The van der Waals surface area contributed by atoms with Gasteiger partial charge in [0.2, 0.25) is 0 Å². The normalized spacial score (nSPS) is 8.94. The first-order valence-electron chi connectivity index (χ1n) is 4.30. The Balaban J connectivity index is 0.000000239. The van der Waals surface area contributed by atoms with Crippen LogP contribution in [0, 0.1) is 20.2 Å². The third-order valence-electron chi connectivity index (χ3n) is 1.60. The van der Waals surface area contributed by atoms with Crippen molar-refractivity contribution in [1.29, 1.82) is 0 Å². The Morgan fingerprint density at radius 1 is 0.882 bits per heavy atom. The zero-order valence-electron chi connectivity index (χ0n) is 8.39. The van der Waals surface area contributed by atoms with Crippen LogP contribution < -0.4 is 0 Å². The molecular formula is C8H7N5O4. The number of nitro benzene ring substituents is 2. The minimum atomic E-state index is -0.607. The smallest absolute Gasteiger partial charge is 0.258 e. The van der Waals surface area contributed by atoms with Crippen molar-refractivity contribution in [3.63, 3.8) is 0 Å². The summed E-state index contributed by atoms with van der Waals surface area (Å²) in [6.07, 6.45) is 3.17. The van der Waals surface area contributed by atoms with Crippen LogP contribution in [-0.4, -0.2) is 25.3 Å². The van der Waals surface area contributed by atoms with Crippen molar-refractivity contribution in [2.75, 3.05) is 0 Å². The summed E-state index contributed by atoms with van der Waals surface area (Å²) in [5.74, 6) is 0. The van der Waals surface area contributed by atoms with E-state index >= 15 is 0 Å². The summed E-state index contributed by atoms with van der Waals surface area (Å²) in [5.41, 5.74) is -0.304. The summed E-state index contributed by atoms with van der Waals surface area (Å²) in [4.78, 5) is 19.0. The van der Waals surface area contributed by atoms with Gasteiger partial charge in [-0.1, -0.05) is 0 Å². The average Bonchev–Trinajstić information content (AvgIpc) is 2.87. The molecule has 1 aromatic carbocycles. The second kappa shape index (κ2) is 5.90. The van der Waals surface area contributed by atoms with Crippen LogP contribution in [0.4, 0.5) is 11.4 Å². The Morgan fingerprint density at radius 2 is 1.24 bits per heavy atom. The Bertz CT molecular complexity index is 431. The maximum Gasteiger partial charge on any atom is 0.269 e. The zero-order valence-corrected chi connectivity index (χ0v) is 8.39. The number of nitro groups is 2. The van der Waals surface area contributed by atoms with Crippen LogP contribution in [0.15, 0.2) is 36.7 Å². The zero-order chi connectivity index (χ0) is 12.7. The van der Waals surface area contributed by atoms with Crippen LogP contribution in [0.25, 0.3) is 0 Å². The fraction of sp³-hybridized carbons (Fsp3) is 0. The average molecular weight is 237 g/mol. The lowest BCUT2D eigenvalue weighted by Gasteiger charge is -1.90. The van der Waals surface area contributed by atoms with Crippen molar-refractivity contribution in [2.45, 2.75) is 0 Å². The number of aromatic nitrogens is 3. The van der Waals surface area contributed by atoms with Crippen LogP contribution in [0.2, 0.25) is 0 Å². The van der Waals surface area contributed by atoms with E-state index in [2.05, 4.69) is 15.4 Å². The minimum absolute atomic E-state index is 0.152. The number of hydrogen-bond donors (Lipinski definition) is 1. The highest BCUT2D eigenvalue weighted by molar-refractivity contribution is 5.39. The van der Waals surface area contributed by atoms with Crippen molar-refractivity contribution >= 4 is 11.4 Å². The van der Waals surface area contributed by atoms with Gasteiger partial charge in [-0.15, -0.1) is 0 Å². The van der Waals surface area contributed by atoms with Crippen LogP contribution in [0.1, 0.15) is 0 Å². The molecule has 0 saturated carbocycles. The number of H-pyrrole nitrogens is 1. The Labute approximate surface area is 94.4 Å². The molecule has 1 aromatic heterocycles. The lowest BCUT2D eigenvalue weighted by Crippen LogP contribution is -1.90. The third-order valence-corrected chi connectivity index (χ3v) is 1.60. The molecule has 2 aromatic rings. The highest BCUT2D eigenvalue weighted by Crippen LogP contribution is 2.16. The first kappa shape index (κ1) is 12.2. The molecule has 0 aliphatic heterocycles. The molecule has 1 N–H and O–H groups in total. The van der Waals surface area contributed by atoms with Crippen molar-refractivity contribution in [2.24, 2.45) is 0 Å². The van der Waals surface area contributed by atoms with E-state index in [0.29, 0.717) is 0 Å². The van der Waals surface area contributed by atoms with Gasteiger partial charge in [-0.25, -0.2) is 0 Å². The van der Waals surface area contributed by atoms with E-state index in [1.54, 1.807) is 12.4 Å². The van der Waals surface area contributed by atoms with Gasteiger partial charge in [-0.3, -0.25) is 20.2 Å². The Hall–Kier alpha value is -2.84. The molecule has 0 unspecified atom stereocenters. The van der Waals surface area contributed by atoms with Gasteiger partial charge in [0.05, 0.1) is 22.2 Å². The maximum atomic E-state index is 10.1. The largest absolute Gasteiger partial charge is 0.269 e. The predicted octanol–water partition coefficient (Wildman–Crippen LogP) is 1.31. The second-order valence-electron chi connectivity index (χ2n) is 2.69. The number of rotatable bonds is 2. The molecule has 0 radical (unpaired) electrons. The van der Waals surface area contributed by atoms with Gasteiger partial charge < -0.3 is 0 Å². The van der Waals surface area contributed by atoms with Gasteiger partial charge in [0.25, 0.3) is 11.4 Å². The number of nitrogens with one attached hydrogen (secondary N) is 1. The number of aromatic amines is 1. The van der Waals surface area contributed by atoms with Crippen molar-refractivity contribution < 1.29 is 9.85 Å². The van der Waals surface area contributed by atoms with E-state index in [-0.39, 0.29) is 11.4 Å². The van der Waals surface area contributed by atoms with E-state index in [0.717, 1.165) is 24.3 Å². The molecule has 9 heteroatoms. The summed E-state index contributed by atoms with van der Waals surface area (Å²) < 4.78 is 0. The van der Waals surface area contributed by atoms with E-state index in [1.807, 2.05) is 0 Å². The molecule has 0 spiro atoms. The van der Waals surface area contributed by atoms with Crippen LogP contribution in [0.5, 0.6) is 0 Å². The molecule has 9 nitrogen and oxygen atoms in total. The van der Waals surface area contributed by atoms with Crippen LogP contribution >= 0.6 is 0 Å². The van der Waals surface area contributed by atoms with Gasteiger partial charge >= 0.3 is 0 Å². The van der Waals surface area contributed by atoms with Gasteiger partial charge in [-0.2, -0.15) is 15.4 Å². The highest BCUT2D eigenvalue weighted by atomic mass is 16.6. The summed E-state index contributed by atoms with van der Waals surface area (Å²) >= 11 is 0. The number of benzene rings is 1. The molecule has 0 fully saturated rings. The second-order valence-corrected chi connectivity index (χ2v) is 2.69. The first-order valence-corrected chi connectivity index (χ1v) is 4.30. The number of nitrogens with zero attached hydrogens (tertiary/aromatic N) is 4. The molecular weight excluding hydrogens is 230 g/mol. The maximum absolute atomic E-state index is 10.1. The molecule has 17 heavy (non-hydrogen) atoms. The lowest BCUT2D eigenvalue weighted by atomic mass is 10.3. The van der Waals surface area contributed by atoms with E-state index in [1.165, 1.54) is 0 Å². The van der Waals surface area contributed by atoms with Gasteiger partial charge in [0, 0.05) is 24.3 Å².